The highest BCUT2D eigenvalue weighted by molar-refractivity contribution is 6.06. The molecule has 1 N–H and O–H groups in total. The zero-order valence-corrected chi connectivity index (χ0v) is 11.3. The Bertz CT molecular complexity index is 628. The second-order valence-corrected chi connectivity index (χ2v) is 4.33. The largest absolute Gasteiger partial charge is 0.478 e. The van der Waals surface area contributed by atoms with Gasteiger partial charge in [0, 0.05) is 19.2 Å². The lowest BCUT2D eigenvalue weighted by molar-refractivity contribution is 0.0696. The van der Waals surface area contributed by atoms with Crippen LogP contribution in [0.5, 0.6) is 0 Å². The van der Waals surface area contributed by atoms with Gasteiger partial charge in [0.25, 0.3) is 5.91 Å². The number of carboxylic acid groups (broad SMARTS) is 1. The fourth-order valence-corrected chi connectivity index (χ4v) is 1.93. The minimum atomic E-state index is -0.992. The smallest absolute Gasteiger partial charge is 0.335 e. The number of rotatable bonds is 4. The van der Waals surface area contributed by atoms with Gasteiger partial charge in [-0.05, 0) is 30.3 Å². The van der Waals surface area contributed by atoms with E-state index in [1.165, 1.54) is 23.3 Å². The first-order valence-corrected chi connectivity index (χ1v) is 6.22. The molecule has 0 bridgehead atoms. The zero-order chi connectivity index (χ0) is 14.7. The van der Waals surface area contributed by atoms with E-state index in [0.717, 1.165) is 0 Å². The molecule has 2 aromatic rings. The summed E-state index contributed by atoms with van der Waals surface area (Å²) in [4.78, 5) is 24.6. The van der Waals surface area contributed by atoms with Gasteiger partial charge < -0.3 is 14.4 Å². The van der Waals surface area contributed by atoms with E-state index in [4.69, 9.17) is 9.52 Å². The van der Waals surface area contributed by atoms with E-state index < -0.39 is 5.97 Å². The lowest BCUT2D eigenvalue weighted by Crippen LogP contribution is -2.26. The fourth-order valence-electron chi connectivity index (χ4n) is 1.93. The molecule has 0 fully saturated rings. The second-order valence-electron chi connectivity index (χ2n) is 4.33. The molecule has 0 aliphatic rings. The summed E-state index contributed by atoms with van der Waals surface area (Å²) in [7, 11) is 1.64. The summed E-state index contributed by atoms with van der Waals surface area (Å²) < 4.78 is 5.25. The monoisotopic (exact) mass is 273 g/mol. The number of carboxylic acids is 1. The van der Waals surface area contributed by atoms with Gasteiger partial charge in [0.15, 0.2) is 0 Å². The standard InChI is InChI=1S/C15H15NO4/c1-3-13-12(8-9-20-13)14(17)16(2)11-6-4-10(5-7-11)15(18)19/h4-9H,3H2,1-2H3,(H,18,19). The van der Waals surface area contributed by atoms with Crippen molar-refractivity contribution in [1.29, 1.82) is 0 Å². The minimum absolute atomic E-state index is 0.182. The van der Waals surface area contributed by atoms with Crippen molar-refractivity contribution in [3.63, 3.8) is 0 Å². The predicted molar refractivity (Wildman–Crippen MR) is 74.2 cm³/mol. The molecule has 0 radical (unpaired) electrons. The van der Waals surface area contributed by atoms with Crippen molar-refractivity contribution in [2.24, 2.45) is 0 Å². The van der Waals surface area contributed by atoms with Gasteiger partial charge in [-0.3, -0.25) is 4.79 Å². The number of aryl methyl sites for hydroxylation is 1. The second kappa shape index (κ2) is 5.61. The average molecular weight is 273 g/mol. The molecular formula is C15H15NO4. The number of anilines is 1. The van der Waals surface area contributed by atoms with Crippen molar-refractivity contribution in [1.82, 2.24) is 0 Å². The Kier molecular flexibility index (Phi) is 3.89. The van der Waals surface area contributed by atoms with Crippen LogP contribution in [0.25, 0.3) is 0 Å². The Balaban J connectivity index is 2.24. The number of aromatic carboxylic acids is 1. The predicted octanol–water partition coefficient (Wildman–Crippen LogP) is 2.82. The lowest BCUT2D eigenvalue weighted by Gasteiger charge is -2.17. The molecule has 0 aliphatic carbocycles. The lowest BCUT2D eigenvalue weighted by atomic mass is 10.1. The molecule has 0 aliphatic heterocycles. The summed E-state index contributed by atoms with van der Waals surface area (Å²) in [5.41, 5.74) is 1.34. The Morgan fingerprint density at radius 3 is 2.40 bits per heavy atom. The third-order valence-corrected chi connectivity index (χ3v) is 3.10. The van der Waals surface area contributed by atoms with Gasteiger partial charge in [-0.25, -0.2) is 4.79 Å². The number of carbonyl (C=O) groups excluding carboxylic acids is 1. The third-order valence-electron chi connectivity index (χ3n) is 3.10. The first-order chi connectivity index (χ1) is 9.54. The van der Waals surface area contributed by atoms with Crippen LogP contribution in [0, 0.1) is 0 Å². The average Bonchev–Trinajstić information content (AvgIpc) is 2.94. The molecule has 0 saturated heterocycles. The number of benzene rings is 1. The van der Waals surface area contributed by atoms with E-state index in [2.05, 4.69) is 0 Å². The van der Waals surface area contributed by atoms with E-state index in [9.17, 15) is 9.59 Å². The molecular weight excluding hydrogens is 258 g/mol. The molecule has 0 unspecified atom stereocenters. The van der Waals surface area contributed by atoms with Crippen LogP contribution in [0.15, 0.2) is 41.0 Å². The van der Waals surface area contributed by atoms with Crippen LogP contribution in [0.1, 0.15) is 33.4 Å². The van der Waals surface area contributed by atoms with E-state index >= 15 is 0 Å². The molecule has 0 atom stereocenters. The van der Waals surface area contributed by atoms with Gasteiger partial charge in [0.1, 0.15) is 5.76 Å². The quantitative estimate of drug-likeness (QED) is 0.929. The van der Waals surface area contributed by atoms with Gasteiger partial charge in [-0.15, -0.1) is 0 Å². The Morgan fingerprint density at radius 2 is 1.85 bits per heavy atom. The molecule has 1 amide bonds. The van der Waals surface area contributed by atoms with E-state index in [1.807, 2.05) is 6.92 Å². The number of furan rings is 1. The van der Waals surface area contributed by atoms with Crippen LogP contribution in [-0.2, 0) is 6.42 Å². The molecule has 2 rings (SSSR count). The van der Waals surface area contributed by atoms with Gasteiger partial charge in [0.2, 0.25) is 0 Å². The third kappa shape index (κ3) is 2.56. The van der Waals surface area contributed by atoms with Crippen molar-refractivity contribution in [3.05, 3.63) is 53.5 Å². The van der Waals surface area contributed by atoms with E-state index in [-0.39, 0.29) is 11.5 Å². The summed E-state index contributed by atoms with van der Waals surface area (Å²) in [5, 5.41) is 8.85. The molecule has 5 heteroatoms. The van der Waals surface area contributed by atoms with Crippen molar-refractivity contribution >= 4 is 17.6 Å². The van der Waals surface area contributed by atoms with E-state index in [0.29, 0.717) is 23.4 Å². The highest BCUT2D eigenvalue weighted by Crippen LogP contribution is 2.19. The number of amides is 1. The Labute approximate surface area is 116 Å². The Morgan fingerprint density at radius 1 is 1.20 bits per heavy atom. The van der Waals surface area contributed by atoms with Gasteiger partial charge in [0.05, 0.1) is 17.4 Å². The first-order valence-electron chi connectivity index (χ1n) is 6.22. The molecule has 1 aromatic heterocycles. The number of carbonyl (C=O) groups is 2. The first kappa shape index (κ1) is 13.9. The molecule has 0 spiro atoms. The van der Waals surface area contributed by atoms with Crippen molar-refractivity contribution in [3.8, 4) is 0 Å². The van der Waals surface area contributed by atoms with E-state index in [1.54, 1.807) is 25.2 Å². The van der Waals surface area contributed by atoms with Gasteiger partial charge in [-0.1, -0.05) is 6.92 Å². The summed E-state index contributed by atoms with van der Waals surface area (Å²) >= 11 is 0. The maximum Gasteiger partial charge on any atom is 0.335 e. The number of hydrogen-bond donors (Lipinski definition) is 1. The van der Waals surface area contributed by atoms with Crippen molar-refractivity contribution in [2.75, 3.05) is 11.9 Å². The van der Waals surface area contributed by atoms with Gasteiger partial charge >= 0.3 is 5.97 Å². The molecule has 104 valence electrons. The minimum Gasteiger partial charge on any atom is -0.478 e. The molecule has 5 nitrogen and oxygen atoms in total. The normalized spacial score (nSPS) is 10.3. The SMILES string of the molecule is CCc1occc1C(=O)N(C)c1ccc(C(=O)O)cc1. The fraction of sp³-hybridized carbons (Fsp3) is 0.200. The molecule has 20 heavy (non-hydrogen) atoms. The summed E-state index contributed by atoms with van der Waals surface area (Å²) in [6.45, 7) is 1.91. The van der Waals surface area contributed by atoms with Crippen LogP contribution in [0.4, 0.5) is 5.69 Å². The number of nitrogens with zero attached hydrogens (tertiary/aromatic N) is 1. The summed E-state index contributed by atoms with van der Waals surface area (Å²) in [6.07, 6.45) is 2.13. The molecule has 0 saturated carbocycles. The maximum atomic E-state index is 12.4. The number of hydrogen-bond acceptors (Lipinski definition) is 3. The highest BCUT2D eigenvalue weighted by Gasteiger charge is 2.18. The van der Waals surface area contributed by atoms with Gasteiger partial charge in [-0.2, -0.15) is 0 Å². The van der Waals surface area contributed by atoms with Crippen molar-refractivity contribution < 1.29 is 19.1 Å². The summed E-state index contributed by atoms with van der Waals surface area (Å²) in [5.74, 6) is -0.531. The van der Waals surface area contributed by atoms with Crippen LogP contribution < -0.4 is 4.90 Å². The molecule has 1 aromatic carbocycles. The van der Waals surface area contributed by atoms with Crippen LogP contribution >= 0.6 is 0 Å². The zero-order valence-electron chi connectivity index (χ0n) is 11.3. The van der Waals surface area contributed by atoms with Crippen LogP contribution in [-0.4, -0.2) is 24.0 Å². The van der Waals surface area contributed by atoms with Crippen molar-refractivity contribution in [2.45, 2.75) is 13.3 Å². The summed E-state index contributed by atoms with van der Waals surface area (Å²) in [6, 6.07) is 7.79. The highest BCUT2D eigenvalue weighted by atomic mass is 16.4. The van der Waals surface area contributed by atoms with Crippen LogP contribution in [0.3, 0.4) is 0 Å². The topological polar surface area (TPSA) is 70.8 Å². The molecule has 1 heterocycles. The maximum absolute atomic E-state index is 12.4. The Hall–Kier alpha value is -2.56. The van der Waals surface area contributed by atoms with Crippen LogP contribution in [0.2, 0.25) is 0 Å².